The first-order valence-corrected chi connectivity index (χ1v) is 7.54. The molecule has 0 aliphatic rings. The molecule has 2 aromatic carbocycles. The van der Waals surface area contributed by atoms with Crippen molar-refractivity contribution >= 4 is 5.97 Å². The number of hydrogen-bond donors (Lipinski definition) is 1. The maximum absolute atomic E-state index is 11.5. The molecule has 0 amide bonds. The Bertz CT molecular complexity index is 848. The van der Waals surface area contributed by atoms with Crippen molar-refractivity contribution in [2.24, 2.45) is 0 Å². The Balaban J connectivity index is 2.17. The highest BCUT2D eigenvalue weighted by molar-refractivity contribution is 5.91. The van der Waals surface area contributed by atoms with Crippen LogP contribution in [0.15, 0.2) is 55.0 Å². The minimum Gasteiger partial charge on any atom is -0.478 e. The number of rotatable bonds is 4. The van der Waals surface area contributed by atoms with Gasteiger partial charge in [-0.1, -0.05) is 29.8 Å². The summed E-state index contributed by atoms with van der Waals surface area (Å²) in [5.74, 6) is -0.928. The number of imidazole rings is 1. The van der Waals surface area contributed by atoms with Gasteiger partial charge in [-0.2, -0.15) is 0 Å². The van der Waals surface area contributed by atoms with Gasteiger partial charge in [-0.25, -0.2) is 9.78 Å². The van der Waals surface area contributed by atoms with Crippen molar-refractivity contribution in [3.63, 3.8) is 0 Å². The normalized spacial score (nSPS) is 10.7. The Hall–Kier alpha value is -2.88. The van der Waals surface area contributed by atoms with E-state index in [0.29, 0.717) is 0 Å². The quantitative estimate of drug-likeness (QED) is 0.784. The van der Waals surface area contributed by atoms with Crippen LogP contribution in [-0.2, 0) is 6.54 Å². The van der Waals surface area contributed by atoms with E-state index in [9.17, 15) is 9.90 Å². The molecule has 3 aromatic rings. The monoisotopic (exact) mass is 306 g/mol. The molecule has 0 spiro atoms. The van der Waals surface area contributed by atoms with Crippen molar-refractivity contribution in [1.29, 1.82) is 0 Å². The number of aromatic nitrogens is 2. The van der Waals surface area contributed by atoms with Crippen LogP contribution < -0.4 is 0 Å². The summed E-state index contributed by atoms with van der Waals surface area (Å²) in [6.45, 7) is 4.85. The Labute approximate surface area is 135 Å². The van der Waals surface area contributed by atoms with E-state index in [4.69, 9.17) is 0 Å². The maximum atomic E-state index is 11.5. The average molecular weight is 306 g/mol. The predicted molar refractivity (Wildman–Crippen MR) is 90.5 cm³/mol. The minimum atomic E-state index is -0.928. The largest absolute Gasteiger partial charge is 0.478 e. The second kappa shape index (κ2) is 6.08. The molecule has 0 bridgehead atoms. The van der Waals surface area contributed by atoms with Gasteiger partial charge < -0.3 is 9.67 Å². The molecule has 0 atom stereocenters. The molecule has 1 aromatic heterocycles. The van der Waals surface area contributed by atoms with Gasteiger partial charge >= 0.3 is 5.97 Å². The van der Waals surface area contributed by atoms with Crippen molar-refractivity contribution in [2.75, 3.05) is 0 Å². The SMILES string of the molecule is CCn1cncc1-c1cc(C(=O)O)cc(-c2ccc(C)cc2)c1. The van der Waals surface area contributed by atoms with Crippen molar-refractivity contribution in [3.05, 3.63) is 66.1 Å². The molecule has 23 heavy (non-hydrogen) atoms. The Morgan fingerprint density at radius 1 is 1.09 bits per heavy atom. The van der Waals surface area contributed by atoms with Gasteiger partial charge in [0.25, 0.3) is 0 Å². The predicted octanol–water partition coefficient (Wildman–Crippen LogP) is 4.24. The van der Waals surface area contributed by atoms with Gasteiger partial charge in [-0.05, 0) is 43.2 Å². The van der Waals surface area contributed by atoms with Crippen LogP contribution in [-0.4, -0.2) is 20.6 Å². The van der Waals surface area contributed by atoms with E-state index in [-0.39, 0.29) is 5.56 Å². The smallest absolute Gasteiger partial charge is 0.335 e. The lowest BCUT2D eigenvalue weighted by Crippen LogP contribution is -2.00. The first-order chi connectivity index (χ1) is 11.1. The molecular weight excluding hydrogens is 288 g/mol. The van der Waals surface area contributed by atoms with Crippen LogP contribution in [0.4, 0.5) is 0 Å². The molecule has 4 heteroatoms. The number of carboxylic acids is 1. The molecule has 116 valence electrons. The van der Waals surface area contributed by atoms with Gasteiger partial charge in [-0.15, -0.1) is 0 Å². The van der Waals surface area contributed by atoms with Crippen LogP contribution in [0.1, 0.15) is 22.8 Å². The number of benzene rings is 2. The summed E-state index contributed by atoms with van der Waals surface area (Å²) in [4.78, 5) is 15.7. The van der Waals surface area contributed by atoms with E-state index < -0.39 is 5.97 Å². The highest BCUT2D eigenvalue weighted by Crippen LogP contribution is 2.28. The number of hydrogen-bond acceptors (Lipinski definition) is 2. The van der Waals surface area contributed by atoms with Gasteiger partial charge in [0, 0.05) is 12.1 Å². The third-order valence-electron chi connectivity index (χ3n) is 3.91. The fourth-order valence-corrected chi connectivity index (χ4v) is 2.62. The van der Waals surface area contributed by atoms with Crippen LogP contribution in [0.5, 0.6) is 0 Å². The fourth-order valence-electron chi connectivity index (χ4n) is 2.62. The zero-order chi connectivity index (χ0) is 16.4. The lowest BCUT2D eigenvalue weighted by molar-refractivity contribution is 0.0697. The maximum Gasteiger partial charge on any atom is 0.335 e. The Morgan fingerprint density at radius 3 is 2.43 bits per heavy atom. The lowest BCUT2D eigenvalue weighted by atomic mass is 9.98. The van der Waals surface area contributed by atoms with Crippen molar-refractivity contribution in [2.45, 2.75) is 20.4 Å². The minimum absolute atomic E-state index is 0.280. The molecule has 0 fully saturated rings. The summed E-state index contributed by atoms with van der Waals surface area (Å²) in [5.41, 5.74) is 5.13. The zero-order valence-corrected chi connectivity index (χ0v) is 13.2. The highest BCUT2D eigenvalue weighted by Gasteiger charge is 2.12. The molecule has 0 saturated heterocycles. The highest BCUT2D eigenvalue weighted by atomic mass is 16.4. The van der Waals surface area contributed by atoms with Crippen LogP contribution >= 0.6 is 0 Å². The molecule has 0 aliphatic heterocycles. The van der Waals surface area contributed by atoms with Crippen LogP contribution in [0.3, 0.4) is 0 Å². The fraction of sp³-hybridized carbons (Fsp3) is 0.158. The van der Waals surface area contributed by atoms with Gasteiger partial charge in [0.1, 0.15) is 0 Å². The first kappa shape index (κ1) is 15.0. The first-order valence-electron chi connectivity index (χ1n) is 7.54. The molecule has 1 heterocycles. The van der Waals surface area contributed by atoms with Gasteiger partial charge in [0.05, 0.1) is 23.8 Å². The molecule has 0 saturated carbocycles. The second-order valence-electron chi connectivity index (χ2n) is 5.54. The topological polar surface area (TPSA) is 55.1 Å². The molecule has 0 unspecified atom stereocenters. The molecular formula is C19H18N2O2. The van der Waals surface area contributed by atoms with Crippen molar-refractivity contribution < 1.29 is 9.90 Å². The molecule has 3 rings (SSSR count). The van der Waals surface area contributed by atoms with Crippen LogP contribution in [0.25, 0.3) is 22.4 Å². The van der Waals surface area contributed by atoms with Crippen LogP contribution in [0.2, 0.25) is 0 Å². The standard InChI is InChI=1S/C19H18N2O2/c1-3-21-12-20-11-18(21)16-8-15(9-17(10-16)19(22)23)14-6-4-13(2)5-7-14/h4-12H,3H2,1-2H3,(H,22,23). The number of nitrogens with zero attached hydrogens (tertiary/aromatic N) is 2. The summed E-state index contributed by atoms with van der Waals surface area (Å²) < 4.78 is 2.00. The Kier molecular flexibility index (Phi) is 3.98. The summed E-state index contributed by atoms with van der Waals surface area (Å²) in [7, 11) is 0. The zero-order valence-electron chi connectivity index (χ0n) is 13.2. The van der Waals surface area contributed by atoms with E-state index >= 15 is 0 Å². The third kappa shape index (κ3) is 3.01. The molecule has 0 radical (unpaired) electrons. The molecule has 4 nitrogen and oxygen atoms in total. The summed E-state index contributed by atoms with van der Waals surface area (Å²) >= 11 is 0. The number of aryl methyl sites for hydroxylation is 2. The lowest BCUT2D eigenvalue weighted by Gasteiger charge is -2.10. The van der Waals surface area contributed by atoms with Gasteiger partial charge in [0.15, 0.2) is 0 Å². The molecule has 1 N–H and O–H groups in total. The second-order valence-corrected chi connectivity index (χ2v) is 5.54. The average Bonchev–Trinajstić information content (AvgIpc) is 3.03. The van der Waals surface area contributed by atoms with E-state index in [0.717, 1.165) is 28.9 Å². The van der Waals surface area contributed by atoms with E-state index in [1.165, 1.54) is 5.56 Å². The van der Waals surface area contributed by atoms with Crippen LogP contribution in [0, 0.1) is 6.92 Å². The number of carbonyl (C=O) groups is 1. The molecule has 0 aliphatic carbocycles. The van der Waals surface area contributed by atoms with E-state index in [1.54, 1.807) is 24.7 Å². The van der Waals surface area contributed by atoms with Crippen molar-refractivity contribution in [3.8, 4) is 22.4 Å². The van der Waals surface area contributed by atoms with E-state index in [2.05, 4.69) is 4.98 Å². The van der Waals surface area contributed by atoms with Gasteiger partial charge in [-0.3, -0.25) is 0 Å². The van der Waals surface area contributed by atoms with Crippen molar-refractivity contribution in [1.82, 2.24) is 9.55 Å². The van der Waals surface area contributed by atoms with E-state index in [1.807, 2.05) is 48.7 Å². The third-order valence-corrected chi connectivity index (χ3v) is 3.91. The Morgan fingerprint density at radius 2 is 1.78 bits per heavy atom. The number of carboxylic acid groups (broad SMARTS) is 1. The summed E-state index contributed by atoms with van der Waals surface area (Å²) in [6, 6.07) is 13.5. The summed E-state index contributed by atoms with van der Waals surface area (Å²) in [5, 5.41) is 9.43. The van der Waals surface area contributed by atoms with Gasteiger partial charge in [0.2, 0.25) is 0 Å². The number of aromatic carboxylic acids is 1. The summed E-state index contributed by atoms with van der Waals surface area (Å²) in [6.07, 6.45) is 3.53.